The number of carbonyl (C=O) groups excluding carboxylic acids is 2. The van der Waals surface area contributed by atoms with E-state index in [4.69, 9.17) is 0 Å². The molecule has 0 spiro atoms. The molecule has 2 aliphatic rings. The number of hydrogen-bond acceptors (Lipinski definition) is 3. The van der Waals surface area contributed by atoms with Crippen LogP contribution in [0.5, 0.6) is 0 Å². The van der Waals surface area contributed by atoms with Crippen LogP contribution in [-0.4, -0.2) is 29.2 Å². The van der Waals surface area contributed by atoms with Crippen LogP contribution in [0.4, 0.5) is 0 Å². The largest absolute Gasteiger partial charge is 0.339 e. The van der Waals surface area contributed by atoms with E-state index in [2.05, 4.69) is 0 Å². The minimum Gasteiger partial charge on any atom is -0.339 e. The van der Waals surface area contributed by atoms with Gasteiger partial charge in [0, 0.05) is 29.8 Å². The van der Waals surface area contributed by atoms with Gasteiger partial charge in [0.05, 0.1) is 6.42 Å². The molecule has 2 fully saturated rings. The normalized spacial score (nSPS) is 26.9. The van der Waals surface area contributed by atoms with Crippen molar-refractivity contribution in [1.29, 1.82) is 0 Å². The van der Waals surface area contributed by atoms with Gasteiger partial charge < -0.3 is 4.90 Å². The highest BCUT2D eigenvalue weighted by atomic mass is 32.1. The average molecular weight is 305 g/mol. The van der Waals surface area contributed by atoms with Crippen LogP contribution < -0.4 is 0 Å². The molecule has 2 heterocycles. The van der Waals surface area contributed by atoms with Gasteiger partial charge in [-0.1, -0.05) is 12.5 Å². The highest BCUT2D eigenvalue weighted by Gasteiger charge is 2.37. The second-order valence-electron chi connectivity index (χ2n) is 6.22. The Labute approximate surface area is 130 Å². The van der Waals surface area contributed by atoms with Gasteiger partial charge in [0.15, 0.2) is 0 Å². The Morgan fingerprint density at radius 3 is 2.86 bits per heavy atom. The summed E-state index contributed by atoms with van der Waals surface area (Å²) >= 11 is 1.64. The van der Waals surface area contributed by atoms with Gasteiger partial charge in [0.25, 0.3) is 0 Å². The Morgan fingerprint density at radius 2 is 2.10 bits per heavy atom. The molecule has 0 N–H and O–H groups in total. The van der Waals surface area contributed by atoms with Gasteiger partial charge in [-0.15, -0.1) is 11.3 Å². The maximum Gasteiger partial charge on any atom is 0.228 e. The lowest BCUT2D eigenvalue weighted by molar-refractivity contribution is -0.138. The summed E-state index contributed by atoms with van der Waals surface area (Å²) < 4.78 is 0. The van der Waals surface area contributed by atoms with Crippen molar-refractivity contribution in [3.63, 3.8) is 0 Å². The Kier molecular flexibility index (Phi) is 4.73. The van der Waals surface area contributed by atoms with Crippen molar-refractivity contribution in [1.82, 2.24) is 4.90 Å². The number of ketones is 1. The van der Waals surface area contributed by atoms with E-state index in [1.807, 2.05) is 22.4 Å². The van der Waals surface area contributed by atoms with Crippen molar-refractivity contribution in [3.05, 3.63) is 22.4 Å². The van der Waals surface area contributed by atoms with Crippen molar-refractivity contribution in [2.75, 3.05) is 6.54 Å². The Morgan fingerprint density at radius 1 is 1.24 bits per heavy atom. The third kappa shape index (κ3) is 3.37. The smallest absolute Gasteiger partial charge is 0.228 e. The SMILES string of the molecule is O=C1CCCCC1C1CCCCN1C(=O)Cc1cccs1. The summed E-state index contributed by atoms with van der Waals surface area (Å²) in [6.07, 6.45) is 7.60. The number of rotatable bonds is 3. The Hall–Kier alpha value is -1.16. The molecule has 1 aliphatic carbocycles. The van der Waals surface area contributed by atoms with Gasteiger partial charge in [-0.2, -0.15) is 0 Å². The summed E-state index contributed by atoms with van der Waals surface area (Å²) in [6, 6.07) is 4.18. The van der Waals surface area contributed by atoms with Crippen LogP contribution in [0, 0.1) is 5.92 Å². The topological polar surface area (TPSA) is 37.4 Å². The van der Waals surface area contributed by atoms with Gasteiger partial charge in [-0.05, 0) is 43.6 Å². The number of hydrogen-bond donors (Lipinski definition) is 0. The first-order valence-corrected chi connectivity index (χ1v) is 8.98. The van der Waals surface area contributed by atoms with Crippen molar-refractivity contribution in [2.24, 2.45) is 5.92 Å². The molecule has 4 heteroatoms. The van der Waals surface area contributed by atoms with E-state index in [0.717, 1.165) is 49.9 Å². The Balaban J connectivity index is 1.71. The van der Waals surface area contributed by atoms with Gasteiger partial charge in [0.2, 0.25) is 5.91 Å². The van der Waals surface area contributed by atoms with Gasteiger partial charge >= 0.3 is 0 Å². The lowest BCUT2D eigenvalue weighted by Crippen LogP contribution is -2.50. The van der Waals surface area contributed by atoms with Crippen molar-refractivity contribution in [3.8, 4) is 0 Å². The molecule has 1 aliphatic heterocycles. The van der Waals surface area contributed by atoms with Crippen LogP contribution >= 0.6 is 11.3 Å². The summed E-state index contributed by atoms with van der Waals surface area (Å²) in [5.41, 5.74) is 0. The fraction of sp³-hybridized carbons (Fsp3) is 0.647. The van der Waals surface area contributed by atoms with Crippen LogP contribution in [0.15, 0.2) is 17.5 Å². The second kappa shape index (κ2) is 6.73. The van der Waals surface area contributed by atoms with Crippen LogP contribution in [0.2, 0.25) is 0 Å². The summed E-state index contributed by atoms with van der Waals surface area (Å²) in [6.45, 7) is 0.832. The quantitative estimate of drug-likeness (QED) is 0.858. The maximum absolute atomic E-state index is 12.6. The molecule has 3 nitrogen and oxygen atoms in total. The molecule has 21 heavy (non-hydrogen) atoms. The predicted octanol–water partition coefficient (Wildman–Crippen LogP) is 3.43. The van der Waals surface area contributed by atoms with Crippen LogP contribution in [0.1, 0.15) is 49.8 Å². The van der Waals surface area contributed by atoms with E-state index >= 15 is 0 Å². The standard InChI is InChI=1S/C17H23NO2S/c19-16-9-2-1-7-14(16)15-8-3-4-10-18(15)17(20)12-13-6-5-11-21-13/h5-6,11,14-15H,1-4,7-10,12H2. The van der Waals surface area contributed by atoms with Crippen LogP contribution in [-0.2, 0) is 16.0 Å². The van der Waals surface area contributed by atoms with Gasteiger partial charge in [0.1, 0.15) is 5.78 Å². The monoisotopic (exact) mass is 305 g/mol. The molecular weight excluding hydrogens is 282 g/mol. The van der Waals surface area contributed by atoms with E-state index < -0.39 is 0 Å². The number of amides is 1. The minimum absolute atomic E-state index is 0.103. The summed E-state index contributed by atoms with van der Waals surface area (Å²) in [4.78, 5) is 28.0. The van der Waals surface area contributed by atoms with E-state index in [1.165, 1.54) is 0 Å². The molecule has 1 amide bonds. The molecule has 1 saturated heterocycles. The molecule has 1 aromatic heterocycles. The zero-order valence-corrected chi connectivity index (χ0v) is 13.2. The lowest BCUT2D eigenvalue weighted by Gasteiger charge is -2.41. The molecule has 2 atom stereocenters. The molecule has 1 aromatic rings. The number of nitrogens with zero attached hydrogens (tertiary/aromatic N) is 1. The van der Waals surface area contributed by atoms with Crippen LogP contribution in [0.3, 0.4) is 0 Å². The first kappa shape index (κ1) is 14.8. The number of piperidine rings is 1. The molecule has 2 unspecified atom stereocenters. The number of likely N-dealkylation sites (tertiary alicyclic amines) is 1. The summed E-state index contributed by atoms with van der Waals surface area (Å²) in [7, 11) is 0. The van der Waals surface area contributed by atoms with E-state index in [-0.39, 0.29) is 17.9 Å². The van der Waals surface area contributed by atoms with Gasteiger partial charge in [-0.3, -0.25) is 9.59 Å². The Bertz CT molecular complexity index is 497. The van der Waals surface area contributed by atoms with E-state index in [0.29, 0.717) is 18.6 Å². The number of Topliss-reactive ketones (excluding diaryl/α,β-unsaturated/α-hetero) is 1. The molecule has 0 bridgehead atoms. The zero-order chi connectivity index (χ0) is 14.7. The zero-order valence-electron chi connectivity index (χ0n) is 12.4. The fourth-order valence-corrected chi connectivity index (χ4v) is 4.46. The highest BCUT2D eigenvalue weighted by molar-refractivity contribution is 7.10. The van der Waals surface area contributed by atoms with Crippen molar-refractivity contribution >= 4 is 23.0 Å². The molecule has 3 rings (SSSR count). The number of thiophene rings is 1. The van der Waals surface area contributed by atoms with Crippen LogP contribution in [0.25, 0.3) is 0 Å². The first-order chi connectivity index (χ1) is 10.3. The minimum atomic E-state index is 0.103. The number of carbonyl (C=O) groups is 2. The first-order valence-electron chi connectivity index (χ1n) is 8.10. The van der Waals surface area contributed by atoms with Crippen molar-refractivity contribution in [2.45, 2.75) is 57.4 Å². The van der Waals surface area contributed by atoms with Crippen molar-refractivity contribution < 1.29 is 9.59 Å². The van der Waals surface area contributed by atoms with E-state index in [9.17, 15) is 9.59 Å². The third-order valence-corrected chi connectivity index (χ3v) is 5.72. The third-order valence-electron chi connectivity index (χ3n) is 4.84. The molecular formula is C17H23NO2S. The average Bonchev–Trinajstić information content (AvgIpc) is 3.01. The molecule has 0 radical (unpaired) electrons. The van der Waals surface area contributed by atoms with E-state index in [1.54, 1.807) is 11.3 Å². The summed E-state index contributed by atoms with van der Waals surface area (Å²) in [5.74, 6) is 0.703. The molecule has 1 saturated carbocycles. The molecule has 0 aromatic carbocycles. The lowest BCUT2D eigenvalue weighted by atomic mass is 9.79. The predicted molar refractivity (Wildman–Crippen MR) is 84.3 cm³/mol. The second-order valence-corrected chi connectivity index (χ2v) is 7.26. The summed E-state index contributed by atoms with van der Waals surface area (Å²) in [5, 5.41) is 2.01. The van der Waals surface area contributed by atoms with Gasteiger partial charge in [-0.25, -0.2) is 0 Å². The molecule has 114 valence electrons. The maximum atomic E-state index is 12.6. The fourth-order valence-electron chi connectivity index (χ4n) is 3.77. The highest BCUT2D eigenvalue weighted by Crippen LogP contribution is 2.32.